The molecule has 3 aromatic rings. The van der Waals surface area contributed by atoms with Crippen molar-refractivity contribution in [3.8, 4) is 5.75 Å². The molecule has 168 valence electrons. The Morgan fingerprint density at radius 2 is 1.58 bits per heavy atom. The topological polar surface area (TPSA) is 95.4 Å². The molecule has 0 radical (unpaired) electrons. The van der Waals surface area contributed by atoms with Crippen LogP contribution < -0.4 is 5.32 Å². The summed E-state index contributed by atoms with van der Waals surface area (Å²) in [6.07, 6.45) is 0. The number of nitrogens with zero attached hydrogens (tertiary/aromatic N) is 3. The van der Waals surface area contributed by atoms with Gasteiger partial charge >= 0.3 is 0 Å². The van der Waals surface area contributed by atoms with Gasteiger partial charge in [0.15, 0.2) is 5.16 Å². The molecular weight excluding hydrogens is 483 g/mol. The molecule has 10 heteroatoms. The predicted octanol–water partition coefficient (Wildman–Crippen LogP) is 5.09. The highest BCUT2D eigenvalue weighted by atomic mass is 35.5. The average Bonchev–Trinajstić information content (AvgIpc) is 2.96. The van der Waals surface area contributed by atoms with E-state index in [9.17, 15) is 14.7 Å². The van der Waals surface area contributed by atoms with Gasteiger partial charge in [0.05, 0.1) is 12.2 Å². The van der Waals surface area contributed by atoms with Gasteiger partial charge in [0.1, 0.15) is 16.4 Å². The summed E-state index contributed by atoms with van der Waals surface area (Å²) in [5.41, 5.74) is 2.43. The largest absolute Gasteiger partial charge is 0.506 e. The molecule has 2 heterocycles. The summed E-state index contributed by atoms with van der Waals surface area (Å²) < 4.78 is 0. The number of aromatic hydroxyl groups is 1. The number of carbonyl (C=O) groups excluding carboxylic acids is 2. The number of nitrogens with one attached hydrogen (secondary N) is 1. The van der Waals surface area contributed by atoms with Gasteiger partial charge in [0.2, 0.25) is 0 Å². The highest BCUT2D eigenvalue weighted by Crippen LogP contribution is 2.37. The Labute approximate surface area is 204 Å². The van der Waals surface area contributed by atoms with E-state index in [1.54, 1.807) is 24.3 Å². The smallest absolute Gasteiger partial charge is 0.278 e. The summed E-state index contributed by atoms with van der Waals surface area (Å²) in [5, 5.41) is 14.4. The van der Waals surface area contributed by atoms with Gasteiger partial charge in [0, 0.05) is 21.4 Å². The molecule has 0 saturated heterocycles. The van der Waals surface area contributed by atoms with E-state index >= 15 is 0 Å². The van der Waals surface area contributed by atoms with Gasteiger partial charge in [-0.25, -0.2) is 9.97 Å². The van der Waals surface area contributed by atoms with Gasteiger partial charge < -0.3 is 10.4 Å². The minimum Gasteiger partial charge on any atom is -0.506 e. The lowest BCUT2D eigenvalue weighted by Crippen LogP contribution is -2.31. The van der Waals surface area contributed by atoms with Crippen molar-refractivity contribution in [1.29, 1.82) is 0 Å². The summed E-state index contributed by atoms with van der Waals surface area (Å²) in [6, 6.07) is 13.1. The van der Waals surface area contributed by atoms with Crippen molar-refractivity contribution >= 4 is 52.5 Å². The molecule has 4 rings (SSSR count). The summed E-state index contributed by atoms with van der Waals surface area (Å²) in [5.74, 6) is -1.15. The molecule has 2 N–H and O–H groups in total. The third-order valence-corrected chi connectivity index (χ3v) is 6.19. The third kappa shape index (κ3) is 5.13. The number of halogens is 2. The van der Waals surface area contributed by atoms with Crippen LogP contribution in [-0.4, -0.2) is 31.8 Å². The Kier molecular flexibility index (Phi) is 6.60. The van der Waals surface area contributed by atoms with E-state index in [1.165, 1.54) is 18.2 Å². The van der Waals surface area contributed by atoms with Gasteiger partial charge in [0.25, 0.3) is 11.8 Å². The number of aromatic nitrogens is 2. The summed E-state index contributed by atoms with van der Waals surface area (Å²) in [4.78, 5) is 36.6. The van der Waals surface area contributed by atoms with Gasteiger partial charge in [-0.1, -0.05) is 35.3 Å². The second-order valence-corrected chi connectivity index (χ2v) is 9.20. The number of phenols is 1. The van der Waals surface area contributed by atoms with E-state index in [0.717, 1.165) is 33.6 Å². The molecule has 2 amide bonds. The number of imide groups is 1. The maximum atomic E-state index is 13.3. The Balaban J connectivity index is 1.72. The van der Waals surface area contributed by atoms with Crippen LogP contribution in [0.4, 0.5) is 5.69 Å². The summed E-state index contributed by atoms with van der Waals surface area (Å²) in [6.45, 7) is 3.70. The van der Waals surface area contributed by atoms with E-state index in [2.05, 4.69) is 15.3 Å². The predicted molar refractivity (Wildman–Crippen MR) is 128 cm³/mol. The lowest BCUT2D eigenvalue weighted by atomic mass is 10.2. The second-order valence-electron chi connectivity index (χ2n) is 7.35. The van der Waals surface area contributed by atoms with Crippen LogP contribution >= 0.6 is 35.0 Å². The first kappa shape index (κ1) is 23.1. The number of amides is 2. The van der Waals surface area contributed by atoms with Crippen LogP contribution in [0.25, 0.3) is 0 Å². The Morgan fingerprint density at radius 3 is 2.24 bits per heavy atom. The number of phenolic OH excluding ortho intramolecular Hbond substituents is 1. The molecule has 7 nitrogen and oxygen atoms in total. The fourth-order valence-electron chi connectivity index (χ4n) is 3.25. The fraction of sp³-hybridized carbons (Fsp3) is 0.130. The van der Waals surface area contributed by atoms with E-state index < -0.39 is 11.8 Å². The highest BCUT2D eigenvalue weighted by Gasteiger charge is 2.40. The number of benzene rings is 2. The third-order valence-electron chi connectivity index (χ3n) is 4.75. The summed E-state index contributed by atoms with van der Waals surface area (Å²) >= 11 is 13.0. The normalized spacial score (nSPS) is 13.8. The van der Waals surface area contributed by atoms with Gasteiger partial charge in [-0.15, -0.1) is 0 Å². The quantitative estimate of drug-likeness (QED) is 0.276. The minimum absolute atomic E-state index is 0.0132. The van der Waals surface area contributed by atoms with Crippen LogP contribution in [0.2, 0.25) is 10.0 Å². The zero-order valence-electron chi connectivity index (χ0n) is 17.6. The molecule has 0 bridgehead atoms. The second kappa shape index (κ2) is 9.43. The van der Waals surface area contributed by atoms with E-state index in [4.69, 9.17) is 23.2 Å². The highest BCUT2D eigenvalue weighted by molar-refractivity contribution is 8.04. The Hall–Kier alpha value is -3.07. The van der Waals surface area contributed by atoms with Gasteiger partial charge in [-0.2, -0.15) is 0 Å². The van der Waals surface area contributed by atoms with Crippen LogP contribution in [0.3, 0.4) is 0 Å². The molecule has 1 aromatic heterocycles. The number of hydrogen-bond acceptors (Lipinski definition) is 7. The van der Waals surface area contributed by atoms with Crippen molar-refractivity contribution in [1.82, 2.24) is 14.9 Å². The van der Waals surface area contributed by atoms with Crippen LogP contribution in [-0.2, 0) is 16.1 Å². The monoisotopic (exact) mass is 500 g/mol. The zero-order chi connectivity index (χ0) is 23.7. The number of carbonyl (C=O) groups is 2. The zero-order valence-corrected chi connectivity index (χ0v) is 19.9. The molecule has 0 fully saturated rings. The molecule has 2 aromatic carbocycles. The molecule has 0 aliphatic carbocycles. The summed E-state index contributed by atoms with van der Waals surface area (Å²) in [7, 11) is 0. The van der Waals surface area contributed by atoms with E-state index in [1.807, 2.05) is 19.9 Å². The standard InChI is InChI=1S/C23H18Cl2N4O3S/c1-12-9-13(2)27-23(26-12)33-20-19(28-17-10-16(25)7-8-18(17)30)21(31)29(22(20)32)11-14-3-5-15(24)6-4-14/h3-10,28,30H,11H2,1-2H3. The van der Waals surface area contributed by atoms with Crippen LogP contribution in [0.15, 0.2) is 64.3 Å². The van der Waals surface area contributed by atoms with E-state index in [-0.39, 0.29) is 28.6 Å². The molecule has 0 atom stereocenters. The average molecular weight is 501 g/mol. The first-order chi connectivity index (χ1) is 15.7. The molecule has 1 aliphatic rings. The number of thioether (sulfide) groups is 1. The molecule has 1 aliphatic heterocycles. The molecule has 0 saturated carbocycles. The van der Waals surface area contributed by atoms with Crippen molar-refractivity contribution in [3.05, 3.63) is 86.1 Å². The maximum Gasteiger partial charge on any atom is 0.278 e. The maximum absolute atomic E-state index is 13.3. The minimum atomic E-state index is -0.541. The van der Waals surface area contributed by atoms with Crippen molar-refractivity contribution in [2.75, 3.05) is 5.32 Å². The molecular formula is C23H18Cl2N4O3S. The van der Waals surface area contributed by atoms with Crippen LogP contribution in [0, 0.1) is 13.8 Å². The fourth-order valence-corrected chi connectivity index (χ4v) is 4.55. The Bertz CT molecular complexity index is 1280. The SMILES string of the molecule is Cc1cc(C)nc(SC2=C(Nc3cc(Cl)ccc3O)C(=O)N(Cc3ccc(Cl)cc3)C2=O)n1. The van der Waals surface area contributed by atoms with Crippen molar-refractivity contribution in [2.45, 2.75) is 25.5 Å². The lowest BCUT2D eigenvalue weighted by Gasteiger charge is -2.15. The van der Waals surface area contributed by atoms with Gasteiger partial charge in [-0.05, 0) is 67.6 Å². The van der Waals surface area contributed by atoms with Crippen LogP contribution in [0.1, 0.15) is 17.0 Å². The number of anilines is 1. The lowest BCUT2D eigenvalue weighted by molar-refractivity contribution is -0.137. The number of rotatable bonds is 6. The first-order valence-corrected chi connectivity index (χ1v) is 11.4. The van der Waals surface area contributed by atoms with Crippen molar-refractivity contribution in [3.63, 3.8) is 0 Å². The molecule has 0 spiro atoms. The Morgan fingerprint density at radius 1 is 0.939 bits per heavy atom. The van der Waals surface area contributed by atoms with Crippen molar-refractivity contribution < 1.29 is 14.7 Å². The first-order valence-electron chi connectivity index (χ1n) is 9.82. The van der Waals surface area contributed by atoms with E-state index in [0.29, 0.717) is 15.2 Å². The van der Waals surface area contributed by atoms with Gasteiger partial charge in [-0.3, -0.25) is 14.5 Å². The molecule has 33 heavy (non-hydrogen) atoms. The number of aryl methyl sites for hydroxylation is 2. The van der Waals surface area contributed by atoms with Crippen molar-refractivity contribution in [2.24, 2.45) is 0 Å². The number of hydrogen-bond donors (Lipinski definition) is 2. The van der Waals surface area contributed by atoms with Crippen LogP contribution in [0.5, 0.6) is 5.75 Å². The molecule has 0 unspecified atom stereocenters.